The van der Waals surface area contributed by atoms with Crippen LogP contribution in [0.15, 0.2) is 42.5 Å². The lowest BCUT2D eigenvalue weighted by Crippen LogP contribution is -1.94. The molecule has 2 rings (SSSR count). The molecule has 120 valence electrons. The first-order valence-corrected chi connectivity index (χ1v) is 8.57. The molecule has 2 heteroatoms. The summed E-state index contributed by atoms with van der Waals surface area (Å²) in [7, 11) is 0. The summed E-state index contributed by atoms with van der Waals surface area (Å²) >= 11 is 0. The molecule has 0 bridgehead atoms. The van der Waals surface area contributed by atoms with Crippen LogP contribution in [0.1, 0.15) is 56.6 Å². The molecular formula is C21H25NO. The van der Waals surface area contributed by atoms with Crippen LogP contribution in [0.3, 0.4) is 0 Å². The van der Waals surface area contributed by atoms with E-state index in [1.54, 1.807) is 12.1 Å². The Morgan fingerprint density at radius 2 is 1.61 bits per heavy atom. The van der Waals surface area contributed by atoms with Gasteiger partial charge in [-0.3, -0.25) is 0 Å². The predicted molar refractivity (Wildman–Crippen MR) is 95.3 cm³/mol. The average Bonchev–Trinajstić information content (AvgIpc) is 2.58. The van der Waals surface area contributed by atoms with Crippen molar-refractivity contribution in [3.8, 4) is 22.9 Å². The Kier molecular flexibility index (Phi) is 6.69. The molecule has 0 radical (unpaired) electrons. The topological polar surface area (TPSA) is 44.0 Å². The van der Waals surface area contributed by atoms with E-state index >= 15 is 0 Å². The molecule has 0 heterocycles. The third kappa shape index (κ3) is 4.86. The van der Waals surface area contributed by atoms with Gasteiger partial charge in [0.25, 0.3) is 0 Å². The minimum Gasteiger partial charge on any atom is -0.508 e. The molecular weight excluding hydrogens is 282 g/mol. The standard InChI is InChI=1S/C21H25NO/c1-2-3-4-5-6-7-9-17-10-8-11-20(21(17)16-22)18-12-14-19(23)15-13-18/h8,10-15,23H,2-7,9H2,1H3. The predicted octanol–water partition coefficient (Wildman–Crippen LogP) is 5.83. The lowest BCUT2D eigenvalue weighted by Gasteiger charge is -2.10. The molecule has 0 spiro atoms. The second-order valence-corrected chi connectivity index (χ2v) is 6.02. The number of aromatic hydroxyl groups is 1. The SMILES string of the molecule is CCCCCCCCc1cccc(-c2ccc(O)cc2)c1C#N. The van der Waals surface area contributed by atoms with Crippen LogP contribution >= 0.6 is 0 Å². The fourth-order valence-corrected chi connectivity index (χ4v) is 2.92. The second kappa shape index (κ2) is 9.00. The smallest absolute Gasteiger partial charge is 0.115 e. The highest BCUT2D eigenvalue weighted by atomic mass is 16.3. The van der Waals surface area contributed by atoms with Gasteiger partial charge in [0.15, 0.2) is 0 Å². The van der Waals surface area contributed by atoms with Gasteiger partial charge in [-0.05, 0) is 41.7 Å². The minimum atomic E-state index is 0.246. The van der Waals surface area contributed by atoms with Crippen molar-refractivity contribution in [1.82, 2.24) is 0 Å². The van der Waals surface area contributed by atoms with E-state index in [-0.39, 0.29) is 5.75 Å². The third-order valence-corrected chi connectivity index (χ3v) is 4.24. The van der Waals surface area contributed by atoms with E-state index in [2.05, 4.69) is 19.1 Å². The molecule has 0 aromatic heterocycles. The van der Waals surface area contributed by atoms with Gasteiger partial charge in [-0.1, -0.05) is 69.4 Å². The Morgan fingerprint density at radius 1 is 0.913 bits per heavy atom. The third-order valence-electron chi connectivity index (χ3n) is 4.24. The molecule has 2 nitrogen and oxygen atoms in total. The number of benzene rings is 2. The van der Waals surface area contributed by atoms with Gasteiger partial charge in [0.1, 0.15) is 11.8 Å². The molecule has 0 aliphatic rings. The van der Waals surface area contributed by atoms with Crippen LogP contribution in [0.2, 0.25) is 0 Å². The number of hydrogen-bond acceptors (Lipinski definition) is 2. The number of nitriles is 1. The van der Waals surface area contributed by atoms with Crippen molar-refractivity contribution in [2.24, 2.45) is 0 Å². The summed E-state index contributed by atoms with van der Waals surface area (Å²) in [5.41, 5.74) is 3.83. The van der Waals surface area contributed by atoms with Crippen LogP contribution in [0, 0.1) is 11.3 Å². The van der Waals surface area contributed by atoms with Crippen molar-refractivity contribution in [2.75, 3.05) is 0 Å². The maximum absolute atomic E-state index is 9.59. The fourth-order valence-electron chi connectivity index (χ4n) is 2.92. The zero-order valence-corrected chi connectivity index (χ0v) is 13.9. The first kappa shape index (κ1) is 17.1. The summed E-state index contributed by atoms with van der Waals surface area (Å²) in [6.45, 7) is 2.23. The maximum atomic E-state index is 9.59. The molecule has 0 atom stereocenters. The molecule has 0 saturated carbocycles. The molecule has 1 N–H and O–H groups in total. The van der Waals surface area contributed by atoms with Crippen LogP contribution < -0.4 is 0 Å². The number of phenols is 1. The normalized spacial score (nSPS) is 10.4. The fraction of sp³-hybridized carbons (Fsp3) is 0.381. The lowest BCUT2D eigenvalue weighted by atomic mass is 9.93. The quantitative estimate of drug-likeness (QED) is 0.623. The highest BCUT2D eigenvalue weighted by Crippen LogP contribution is 2.28. The van der Waals surface area contributed by atoms with Crippen LogP contribution in [0.25, 0.3) is 11.1 Å². The van der Waals surface area contributed by atoms with Gasteiger partial charge in [0.2, 0.25) is 0 Å². The molecule has 0 saturated heterocycles. The highest BCUT2D eigenvalue weighted by molar-refractivity contribution is 5.72. The van der Waals surface area contributed by atoms with E-state index in [0.717, 1.165) is 35.1 Å². The lowest BCUT2D eigenvalue weighted by molar-refractivity contribution is 0.475. The zero-order valence-electron chi connectivity index (χ0n) is 13.9. The Hall–Kier alpha value is -2.27. The van der Waals surface area contributed by atoms with E-state index in [0.29, 0.717) is 0 Å². The Bertz CT molecular complexity index is 653. The van der Waals surface area contributed by atoms with Gasteiger partial charge in [0.05, 0.1) is 5.56 Å². The summed E-state index contributed by atoms with van der Waals surface area (Å²) in [4.78, 5) is 0. The summed E-state index contributed by atoms with van der Waals surface area (Å²) < 4.78 is 0. The van der Waals surface area contributed by atoms with Crippen molar-refractivity contribution in [2.45, 2.75) is 51.9 Å². The van der Waals surface area contributed by atoms with Crippen molar-refractivity contribution in [3.05, 3.63) is 53.6 Å². The van der Waals surface area contributed by atoms with Crippen molar-refractivity contribution in [3.63, 3.8) is 0 Å². The number of unbranched alkanes of at least 4 members (excludes halogenated alkanes) is 5. The van der Waals surface area contributed by atoms with Crippen molar-refractivity contribution in [1.29, 1.82) is 5.26 Å². The van der Waals surface area contributed by atoms with Crippen LogP contribution in [0.4, 0.5) is 0 Å². The highest BCUT2D eigenvalue weighted by Gasteiger charge is 2.09. The van der Waals surface area contributed by atoms with Crippen LogP contribution in [-0.2, 0) is 6.42 Å². The van der Waals surface area contributed by atoms with Gasteiger partial charge >= 0.3 is 0 Å². The Labute approximate surface area is 139 Å². The van der Waals surface area contributed by atoms with Crippen molar-refractivity contribution >= 4 is 0 Å². The van der Waals surface area contributed by atoms with E-state index in [9.17, 15) is 10.4 Å². The van der Waals surface area contributed by atoms with Crippen LogP contribution in [-0.4, -0.2) is 5.11 Å². The van der Waals surface area contributed by atoms with Gasteiger partial charge in [-0.25, -0.2) is 0 Å². The number of hydrogen-bond donors (Lipinski definition) is 1. The van der Waals surface area contributed by atoms with Gasteiger partial charge < -0.3 is 5.11 Å². The average molecular weight is 307 g/mol. The minimum absolute atomic E-state index is 0.246. The van der Waals surface area contributed by atoms with Crippen molar-refractivity contribution < 1.29 is 5.11 Å². The molecule has 0 aliphatic carbocycles. The zero-order chi connectivity index (χ0) is 16.5. The summed E-state index contributed by atoms with van der Waals surface area (Å²) in [5.74, 6) is 0.246. The Morgan fingerprint density at radius 3 is 2.30 bits per heavy atom. The molecule has 0 aliphatic heterocycles. The number of rotatable bonds is 8. The summed E-state index contributed by atoms with van der Waals surface area (Å²) in [5, 5.41) is 19.0. The van der Waals surface area contributed by atoms with Crippen LogP contribution in [0.5, 0.6) is 5.75 Å². The number of phenolic OH excluding ortho intramolecular Hbond substituents is 1. The van der Waals surface area contributed by atoms with Gasteiger partial charge in [-0.2, -0.15) is 5.26 Å². The molecule has 0 unspecified atom stereocenters. The molecule has 2 aromatic rings. The monoisotopic (exact) mass is 307 g/mol. The van der Waals surface area contributed by atoms with E-state index < -0.39 is 0 Å². The largest absolute Gasteiger partial charge is 0.508 e. The summed E-state index contributed by atoms with van der Waals surface area (Å²) in [6.07, 6.45) is 8.52. The number of aryl methyl sites for hydroxylation is 1. The van der Waals surface area contributed by atoms with E-state index in [1.807, 2.05) is 24.3 Å². The second-order valence-electron chi connectivity index (χ2n) is 6.02. The first-order valence-electron chi connectivity index (χ1n) is 8.57. The summed E-state index contributed by atoms with van der Waals surface area (Å²) in [6, 6.07) is 15.5. The van der Waals surface area contributed by atoms with Gasteiger partial charge in [0, 0.05) is 0 Å². The molecule has 2 aromatic carbocycles. The molecule has 0 fully saturated rings. The van der Waals surface area contributed by atoms with E-state index in [4.69, 9.17) is 0 Å². The Balaban J connectivity index is 2.08. The van der Waals surface area contributed by atoms with E-state index in [1.165, 1.54) is 32.1 Å². The van der Waals surface area contributed by atoms with Gasteiger partial charge in [-0.15, -0.1) is 0 Å². The maximum Gasteiger partial charge on any atom is 0.115 e. The molecule has 0 amide bonds. The first-order chi connectivity index (χ1) is 11.3. The molecule has 23 heavy (non-hydrogen) atoms. The number of nitrogens with zero attached hydrogens (tertiary/aromatic N) is 1.